The summed E-state index contributed by atoms with van der Waals surface area (Å²) in [5.41, 5.74) is 0.319. The summed E-state index contributed by atoms with van der Waals surface area (Å²) in [6, 6.07) is 4.59. The Bertz CT molecular complexity index is 786. The predicted octanol–water partition coefficient (Wildman–Crippen LogP) is 2.99. The quantitative estimate of drug-likeness (QED) is 0.685. The van der Waals surface area contributed by atoms with E-state index < -0.39 is 41.5 Å². The molecule has 0 aliphatic carbocycles. The fourth-order valence-corrected chi connectivity index (χ4v) is 1.99. The molecular weight excluding hydrogens is 334 g/mol. The Hall–Kier alpha value is -2.97. The van der Waals surface area contributed by atoms with Gasteiger partial charge in [-0.1, -0.05) is 0 Å². The van der Waals surface area contributed by atoms with Crippen LogP contribution in [-0.4, -0.2) is 19.3 Å². The number of hydrogen-bond acceptors (Lipinski definition) is 4. The van der Waals surface area contributed by atoms with Gasteiger partial charge in [0, 0.05) is 17.8 Å². The zero-order valence-corrected chi connectivity index (χ0v) is 11.9. The van der Waals surface area contributed by atoms with Gasteiger partial charge in [-0.2, -0.15) is 8.78 Å². The highest BCUT2D eigenvalue weighted by molar-refractivity contribution is 5.92. The second kappa shape index (κ2) is 6.26. The molecule has 1 aliphatic heterocycles. The van der Waals surface area contributed by atoms with Crippen LogP contribution in [0.15, 0.2) is 24.3 Å². The maximum absolute atomic E-state index is 13.4. The Kier molecular flexibility index (Phi) is 4.15. The number of carbonyl (C=O) groups is 1. The number of hydrogen-bond donors (Lipinski definition) is 1. The fourth-order valence-electron chi connectivity index (χ4n) is 1.99. The molecule has 1 N–H and O–H groups in total. The molecule has 0 radical (unpaired) electrons. The van der Waals surface area contributed by atoms with Gasteiger partial charge in [-0.25, -0.2) is 8.78 Å². The molecule has 1 aliphatic rings. The van der Waals surface area contributed by atoms with E-state index in [9.17, 15) is 22.4 Å². The van der Waals surface area contributed by atoms with Crippen molar-refractivity contribution in [2.75, 3.05) is 18.7 Å². The van der Waals surface area contributed by atoms with Gasteiger partial charge < -0.3 is 19.5 Å². The molecule has 2 aromatic carbocycles. The first-order valence-corrected chi connectivity index (χ1v) is 6.61. The third kappa shape index (κ3) is 3.05. The van der Waals surface area contributed by atoms with Crippen molar-refractivity contribution in [2.45, 2.75) is 0 Å². The second-order valence-corrected chi connectivity index (χ2v) is 4.70. The standard InChI is InChI=1S/C15H9F4NO4/c16-8-4-9(17)14(19)15(13(8)18)22-5-12(21)20-7-1-2-10-11(3-7)24-6-23-10/h1-4H,5-6H2,(H,20,21). The Morgan fingerprint density at radius 2 is 1.71 bits per heavy atom. The largest absolute Gasteiger partial charge is 0.477 e. The van der Waals surface area contributed by atoms with Gasteiger partial charge in [-0.05, 0) is 12.1 Å². The lowest BCUT2D eigenvalue weighted by Gasteiger charge is -2.10. The van der Waals surface area contributed by atoms with Crippen molar-refractivity contribution in [3.63, 3.8) is 0 Å². The maximum atomic E-state index is 13.4. The van der Waals surface area contributed by atoms with E-state index in [1.54, 1.807) is 6.07 Å². The Balaban J connectivity index is 1.66. The van der Waals surface area contributed by atoms with Crippen molar-refractivity contribution in [2.24, 2.45) is 0 Å². The fraction of sp³-hybridized carbons (Fsp3) is 0.133. The first-order chi connectivity index (χ1) is 11.5. The number of amides is 1. The van der Waals surface area contributed by atoms with E-state index in [4.69, 9.17) is 9.47 Å². The number of fused-ring (bicyclic) bond motifs is 1. The van der Waals surface area contributed by atoms with E-state index in [1.165, 1.54) is 12.1 Å². The summed E-state index contributed by atoms with van der Waals surface area (Å²) < 4.78 is 67.6. The number of anilines is 1. The molecule has 0 saturated carbocycles. The predicted molar refractivity (Wildman–Crippen MR) is 73.0 cm³/mol. The lowest BCUT2D eigenvalue weighted by molar-refractivity contribution is -0.118. The minimum atomic E-state index is -1.72. The first-order valence-electron chi connectivity index (χ1n) is 6.61. The first kappa shape index (κ1) is 15.9. The monoisotopic (exact) mass is 343 g/mol. The second-order valence-electron chi connectivity index (χ2n) is 4.70. The molecule has 1 amide bonds. The summed E-state index contributed by atoms with van der Waals surface area (Å²) in [6.07, 6.45) is 0. The average Bonchev–Trinajstić information content (AvgIpc) is 3.00. The van der Waals surface area contributed by atoms with E-state index in [1.807, 2.05) is 0 Å². The number of rotatable bonds is 4. The van der Waals surface area contributed by atoms with Gasteiger partial charge in [0.25, 0.3) is 5.91 Å². The third-order valence-electron chi connectivity index (χ3n) is 3.08. The Morgan fingerprint density at radius 1 is 1.04 bits per heavy atom. The molecule has 0 saturated heterocycles. The van der Waals surface area contributed by atoms with E-state index in [2.05, 4.69) is 10.1 Å². The summed E-state index contributed by atoms with van der Waals surface area (Å²) in [5.74, 6) is -7.86. The van der Waals surface area contributed by atoms with E-state index in [-0.39, 0.29) is 12.9 Å². The molecule has 0 unspecified atom stereocenters. The smallest absolute Gasteiger partial charge is 0.262 e. The van der Waals surface area contributed by atoms with Crippen LogP contribution in [0, 0.1) is 23.3 Å². The third-order valence-corrected chi connectivity index (χ3v) is 3.08. The normalized spacial score (nSPS) is 12.2. The maximum Gasteiger partial charge on any atom is 0.262 e. The molecule has 1 heterocycles. The van der Waals surface area contributed by atoms with Crippen LogP contribution in [0.1, 0.15) is 0 Å². The summed E-state index contributed by atoms with van der Waals surface area (Å²) in [6.45, 7) is -0.801. The number of ether oxygens (including phenoxy) is 3. The number of nitrogens with one attached hydrogen (secondary N) is 1. The molecule has 0 fully saturated rings. The minimum Gasteiger partial charge on any atom is -0.477 e. The van der Waals surface area contributed by atoms with Crippen molar-refractivity contribution >= 4 is 11.6 Å². The molecule has 0 atom stereocenters. The van der Waals surface area contributed by atoms with Gasteiger partial charge in [-0.15, -0.1) is 0 Å². The lowest BCUT2D eigenvalue weighted by Crippen LogP contribution is -2.21. The minimum absolute atomic E-state index is 0.0458. The van der Waals surface area contributed by atoms with Crippen LogP contribution >= 0.6 is 0 Å². The van der Waals surface area contributed by atoms with Gasteiger partial charge >= 0.3 is 0 Å². The molecule has 3 rings (SSSR count). The van der Waals surface area contributed by atoms with Crippen molar-refractivity contribution in [3.8, 4) is 17.2 Å². The zero-order valence-electron chi connectivity index (χ0n) is 11.9. The van der Waals surface area contributed by atoms with Crippen LogP contribution in [0.4, 0.5) is 23.2 Å². The Labute approximate surface area is 132 Å². The SMILES string of the molecule is O=C(COc1c(F)c(F)cc(F)c1F)Nc1ccc2c(c1)OCO2. The number of halogens is 4. The molecule has 0 aromatic heterocycles. The van der Waals surface area contributed by atoms with Crippen LogP contribution in [0.5, 0.6) is 17.2 Å². The average molecular weight is 343 g/mol. The van der Waals surface area contributed by atoms with Crippen LogP contribution in [0.3, 0.4) is 0 Å². The molecule has 5 nitrogen and oxygen atoms in total. The van der Waals surface area contributed by atoms with Crippen molar-refractivity contribution < 1.29 is 36.6 Å². The zero-order chi connectivity index (χ0) is 17.3. The van der Waals surface area contributed by atoms with Gasteiger partial charge in [-0.3, -0.25) is 4.79 Å². The highest BCUT2D eigenvalue weighted by Gasteiger charge is 2.21. The van der Waals surface area contributed by atoms with Crippen LogP contribution in [0.25, 0.3) is 0 Å². The summed E-state index contributed by atoms with van der Waals surface area (Å²) in [4.78, 5) is 11.7. The molecule has 9 heteroatoms. The van der Waals surface area contributed by atoms with Gasteiger partial charge in [0.05, 0.1) is 0 Å². The van der Waals surface area contributed by atoms with Crippen molar-refractivity contribution in [3.05, 3.63) is 47.5 Å². The van der Waals surface area contributed by atoms with Crippen LogP contribution < -0.4 is 19.5 Å². The summed E-state index contributed by atoms with van der Waals surface area (Å²) >= 11 is 0. The topological polar surface area (TPSA) is 56.8 Å². The molecule has 0 spiro atoms. The van der Waals surface area contributed by atoms with Crippen LogP contribution in [-0.2, 0) is 4.79 Å². The van der Waals surface area contributed by atoms with Crippen molar-refractivity contribution in [1.82, 2.24) is 0 Å². The summed E-state index contributed by atoms with van der Waals surface area (Å²) in [7, 11) is 0. The van der Waals surface area contributed by atoms with Crippen molar-refractivity contribution in [1.29, 1.82) is 0 Å². The van der Waals surface area contributed by atoms with Crippen LogP contribution in [0.2, 0.25) is 0 Å². The van der Waals surface area contributed by atoms with E-state index in [0.29, 0.717) is 17.2 Å². The summed E-state index contributed by atoms with van der Waals surface area (Å²) in [5, 5.41) is 2.38. The molecule has 0 bridgehead atoms. The van der Waals surface area contributed by atoms with Gasteiger partial charge in [0.2, 0.25) is 18.4 Å². The number of benzene rings is 2. The van der Waals surface area contributed by atoms with E-state index in [0.717, 1.165) is 0 Å². The van der Waals surface area contributed by atoms with E-state index >= 15 is 0 Å². The molecule has 2 aromatic rings. The van der Waals surface area contributed by atoms with Gasteiger partial charge in [0.1, 0.15) is 0 Å². The molecule has 126 valence electrons. The highest BCUT2D eigenvalue weighted by atomic mass is 19.2. The molecular formula is C15H9F4NO4. The molecule has 24 heavy (non-hydrogen) atoms. The highest BCUT2D eigenvalue weighted by Crippen LogP contribution is 2.34. The lowest BCUT2D eigenvalue weighted by atomic mass is 10.2. The number of carbonyl (C=O) groups excluding carboxylic acids is 1. The van der Waals surface area contributed by atoms with Gasteiger partial charge in [0.15, 0.2) is 35.5 Å². The Morgan fingerprint density at radius 3 is 2.42 bits per heavy atom.